The Bertz CT molecular complexity index is 702. The molecule has 0 radical (unpaired) electrons. The van der Waals surface area contributed by atoms with Crippen LogP contribution in [0.4, 0.5) is 18.9 Å². The van der Waals surface area contributed by atoms with Gasteiger partial charge in [0.2, 0.25) is 0 Å². The van der Waals surface area contributed by atoms with E-state index in [1.807, 2.05) is 0 Å². The van der Waals surface area contributed by atoms with Crippen LogP contribution >= 0.6 is 0 Å². The molecule has 0 unspecified atom stereocenters. The van der Waals surface area contributed by atoms with Crippen LogP contribution in [0.5, 0.6) is 0 Å². The molecule has 1 amide bonds. The standard InChI is InChI=1S/C15H10F3NO3/c16-10-3-1-9(2-4-10)15(21)22-8-14(20)19-13-7-11(17)5-6-12(13)18/h1-7H,8H2,(H,19,20). The number of esters is 1. The first-order valence-electron chi connectivity index (χ1n) is 6.13. The second-order valence-corrected chi connectivity index (χ2v) is 4.26. The summed E-state index contributed by atoms with van der Waals surface area (Å²) in [6, 6.07) is 7.09. The van der Waals surface area contributed by atoms with Crippen LogP contribution in [0.1, 0.15) is 10.4 Å². The maximum Gasteiger partial charge on any atom is 0.338 e. The van der Waals surface area contributed by atoms with Gasteiger partial charge in [-0.2, -0.15) is 0 Å². The Labute approximate surface area is 123 Å². The van der Waals surface area contributed by atoms with Gasteiger partial charge >= 0.3 is 5.97 Å². The van der Waals surface area contributed by atoms with E-state index in [-0.39, 0.29) is 11.3 Å². The lowest BCUT2D eigenvalue weighted by molar-refractivity contribution is -0.119. The van der Waals surface area contributed by atoms with Gasteiger partial charge in [0.25, 0.3) is 5.91 Å². The van der Waals surface area contributed by atoms with Crippen molar-refractivity contribution in [3.05, 3.63) is 65.5 Å². The second kappa shape index (κ2) is 6.75. The molecule has 0 fully saturated rings. The van der Waals surface area contributed by atoms with Crippen molar-refractivity contribution in [1.29, 1.82) is 0 Å². The summed E-state index contributed by atoms with van der Waals surface area (Å²) >= 11 is 0. The summed E-state index contributed by atoms with van der Waals surface area (Å²) in [7, 11) is 0. The minimum atomic E-state index is -0.838. The van der Waals surface area contributed by atoms with Crippen molar-refractivity contribution in [2.75, 3.05) is 11.9 Å². The number of ether oxygens (including phenoxy) is 1. The summed E-state index contributed by atoms with van der Waals surface area (Å²) in [5.41, 5.74) is -0.297. The van der Waals surface area contributed by atoms with Gasteiger partial charge in [-0.15, -0.1) is 0 Å². The summed E-state index contributed by atoms with van der Waals surface area (Å²) in [6.45, 7) is -0.688. The molecule has 7 heteroatoms. The molecular formula is C15H10F3NO3. The van der Waals surface area contributed by atoms with Crippen LogP contribution in [0.2, 0.25) is 0 Å². The topological polar surface area (TPSA) is 55.4 Å². The molecule has 0 bridgehead atoms. The van der Waals surface area contributed by atoms with E-state index in [1.165, 1.54) is 12.1 Å². The number of rotatable bonds is 4. The fourth-order valence-electron chi connectivity index (χ4n) is 1.58. The number of hydrogen-bond acceptors (Lipinski definition) is 3. The van der Waals surface area contributed by atoms with Crippen molar-refractivity contribution >= 4 is 17.6 Å². The molecule has 0 aliphatic rings. The van der Waals surface area contributed by atoms with Crippen LogP contribution in [-0.4, -0.2) is 18.5 Å². The van der Waals surface area contributed by atoms with E-state index in [4.69, 9.17) is 0 Å². The van der Waals surface area contributed by atoms with Gasteiger partial charge in [0.15, 0.2) is 6.61 Å². The van der Waals surface area contributed by atoms with E-state index in [1.54, 1.807) is 0 Å². The van der Waals surface area contributed by atoms with Crippen molar-refractivity contribution in [1.82, 2.24) is 0 Å². The highest BCUT2D eigenvalue weighted by Gasteiger charge is 2.12. The third-order valence-corrected chi connectivity index (χ3v) is 2.62. The molecule has 0 heterocycles. The first-order chi connectivity index (χ1) is 10.5. The van der Waals surface area contributed by atoms with Crippen molar-refractivity contribution in [3.8, 4) is 0 Å². The van der Waals surface area contributed by atoms with Crippen LogP contribution in [0.3, 0.4) is 0 Å². The molecule has 2 aromatic rings. The second-order valence-electron chi connectivity index (χ2n) is 4.26. The molecule has 2 aromatic carbocycles. The number of amides is 1. The molecule has 22 heavy (non-hydrogen) atoms. The zero-order valence-corrected chi connectivity index (χ0v) is 11.1. The smallest absolute Gasteiger partial charge is 0.338 e. The molecule has 4 nitrogen and oxygen atoms in total. The summed E-state index contributed by atoms with van der Waals surface area (Å²) < 4.78 is 43.6. The Morgan fingerprint density at radius 1 is 0.955 bits per heavy atom. The Morgan fingerprint density at radius 3 is 2.27 bits per heavy atom. The lowest BCUT2D eigenvalue weighted by atomic mass is 10.2. The monoisotopic (exact) mass is 309 g/mol. The van der Waals surface area contributed by atoms with Crippen molar-refractivity contribution in [2.45, 2.75) is 0 Å². The quantitative estimate of drug-likeness (QED) is 0.884. The maximum atomic E-state index is 13.3. The van der Waals surface area contributed by atoms with E-state index in [0.717, 1.165) is 30.3 Å². The van der Waals surface area contributed by atoms with E-state index in [9.17, 15) is 22.8 Å². The molecule has 0 aromatic heterocycles. The number of benzene rings is 2. The fourth-order valence-corrected chi connectivity index (χ4v) is 1.58. The molecule has 114 valence electrons. The minimum absolute atomic E-state index is 0.0612. The minimum Gasteiger partial charge on any atom is -0.452 e. The van der Waals surface area contributed by atoms with Crippen molar-refractivity contribution in [2.24, 2.45) is 0 Å². The first-order valence-corrected chi connectivity index (χ1v) is 6.13. The Balaban J connectivity index is 1.91. The van der Waals surface area contributed by atoms with Gasteiger partial charge in [-0.3, -0.25) is 4.79 Å². The summed E-state index contributed by atoms with van der Waals surface area (Å²) in [4.78, 5) is 23.1. The summed E-state index contributed by atoms with van der Waals surface area (Å²) in [6.07, 6.45) is 0. The summed E-state index contributed by atoms with van der Waals surface area (Å²) in [5, 5.41) is 2.08. The Kier molecular flexibility index (Phi) is 4.77. The zero-order chi connectivity index (χ0) is 16.1. The molecule has 0 saturated heterocycles. The molecule has 2 rings (SSSR count). The average molecular weight is 309 g/mol. The van der Waals surface area contributed by atoms with Crippen molar-refractivity contribution in [3.63, 3.8) is 0 Å². The molecule has 0 spiro atoms. The highest BCUT2D eigenvalue weighted by Crippen LogP contribution is 2.15. The van der Waals surface area contributed by atoms with E-state index >= 15 is 0 Å². The van der Waals surface area contributed by atoms with Gasteiger partial charge in [0.1, 0.15) is 17.5 Å². The van der Waals surface area contributed by atoms with Crippen LogP contribution < -0.4 is 5.32 Å². The van der Waals surface area contributed by atoms with Crippen LogP contribution in [0.25, 0.3) is 0 Å². The zero-order valence-electron chi connectivity index (χ0n) is 11.1. The number of halogens is 3. The molecule has 1 N–H and O–H groups in total. The normalized spacial score (nSPS) is 10.1. The van der Waals surface area contributed by atoms with E-state index in [0.29, 0.717) is 0 Å². The SMILES string of the molecule is O=C(COC(=O)c1ccc(F)cc1)Nc1cc(F)ccc1F. The van der Waals surface area contributed by atoms with Crippen LogP contribution in [0.15, 0.2) is 42.5 Å². The average Bonchev–Trinajstić information content (AvgIpc) is 2.49. The molecule has 0 atom stereocenters. The number of hydrogen-bond donors (Lipinski definition) is 1. The lowest BCUT2D eigenvalue weighted by Gasteiger charge is -2.07. The predicted molar refractivity (Wildman–Crippen MR) is 71.7 cm³/mol. The maximum absolute atomic E-state index is 13.3. The summed E-state index contributed by atoms with van der Waals surface area (Å²) in [5.74, 6) is -3.73. The van der Waals surface area contributed by atoms with Gasteiger partial charge in [-0.1, -0.05) is 0 Å². The van der Waals surface area contributed by atoms with Crippen molar-refractivity contribution < 1.29 is 27.5 Å². The molecule has 0 aliphatic heterocycles. The number of carbonyl (C=O) groups is 2. The highest BCUT2D eigenvalue weighted by molar-refractivity contribution is 5.95. The number of nitrogens with one attached hydrogen (secondary N) is 1. The van der Waals surface area contributed by atoms with E-state index < -0.39 is 35.9 Å². The van der Waals surface area contributed by atoms with Gasteiger partial charge < -0.3 is 10.1 Å². The van der Waals surface area contributed by atoms with Gasteiger partial charge in [-0.05, 0) is 36.4 Å². The van der Waals surface area contributed by atoms with E-state index in [2.05, 4.69) is 10.1 Å². The van der Waals surface area contributed by atoms with Gasteiger partial charge in [0.05, 0.1) is 11.3 Å². The molecular weight excluding hydrogens is 299 g/mol. The van der Waals surface area contributed by atoms with Gasteiger partial charge in [-0.25, -0.2) is 18.0 Å². The third kappa shape index (κ3) is 4.08. The largest absolute Gasteiger partial charge is 0.452 e. The highest BCUT2D eigenvalue weighted by atomic mass is 19.1. The Morgan fingerprint density at radius 2 is 1.59 bits per heavy atom. The third-order valence-electron chi connectivity index (χ3n) is 2.62. The number of carbonyl (C=O) groups excluding carboxylic acids is 2. The first kappa shape index (κ1) is 15.6. The molecule has 0 aliphatic carbocycles. The lowest BCUT2D eigenvalue weighted by Crippen LogP contribution is -2.21. The number of anilines is 1. The van der Waals surface area contributed by atoms with Crippen LogP contribution in [-0.2, 0) is 9.53 Å². The molecule has 0 saturated carbocycles. The van der Waals surface area contributed by atoms with Gasteiger partial charge in [0, 0.05) is 6.07 Å². The van der Waals surface area contributed by atoms with Crippen LogP contribution in [0, 0.1) is 17.5 Å². The predicted octanol–water partition coefficient (Wildman–Crippen LogP) is 2.90. The fraction of sp³-hybridized carbons (Fsp3) is 0.0667. The Hall–Kier alpha value is -2.83.